The van der Waals surface area contributed by atoms with Gasteiger partial charge in [-0.2, -0.15) is 0 Å². The van der Waals surface area contributed by atoms with E-state index in [4.69, 9.17) is 5.11 Å². The zero-order chi connectivity index (χ0) is 10.7. The molecule has 14 heavy (non-hydrogen) atoms. The van der Waals surface area contributed by atoms with Gasteiger partial charge in [0.1, 0.15) is 5.75 Å². The van der Waals surface area contributed by atoms with E-state index < -0.39 is 11.9 Å². The molecule has 0 aliphatic rings. The molecule has 0 saturated heterocycles. The molecule has 1 rings (SSSR count). The smallest absolute Gasteiger partial charge is 0.311 e. The molecule has 0 aromatic heterocycles. The number of phenols is 1. The highest BCUT2D eigenvalue weighted by Crippen LogP contribution is 2.30. The number of carbonyl (C=O) groups is 1. The van der Waals surface area contributed by atoms with Crippen LogP contribution < -0.4 is 0 Å². The second-order valence-electron chi connectivity index (χ2n) is 3.00. The summed E-state index contributed by atoms with van der Waals surface area (Å²) in [6, 6.07) is 4.64. The highest BCUT2D eigenvalue weighted by Gasteiger charge is 2.20. The molecule has 0 aliphatic heterocycles. The molecule has 0 amide bonds. The molecule has 0 spiro atoms. The van der Waals surface area contributed by atoms with Crippen LogP contribution in [0.2, 0.25) is 0 Å². The monoisotopic (exact) mass is 258 g/mol. The normalized spacial score (nSPS) is 12.4. The van der Waals surface area contributed by atoms with Crippen molar-refractivity contribution in [2.24, 2.45) is 0 Å². The predicted octanol–water partition coefficient (Wildman–Crippen LogP) is 2.73. The topological polar surface area (TPSA) is 57.5 Å². The number of halogens is 1. The Morgan fingerprint density at radius 2 is 2.21 bits per heavy atom. The minimum absolute atomic E-state index is 0.0860. The number of hydrogen-bond acceptors (Lipinski definition) is 2. The maximum Gasteiger partial charge on any atom is 0.311 e. The number of phenolic OH excluding ortho intramolecular Hbond substituents is 1. The molecule has 76 valence electrons. The van der Waals surface area contributed by atoms with Gasteiger partial charge >= 0.3 is 5.97 Å². The van der Waals surface area contributed by atoms with E-state index in [2.05, 4.69) is 15.9 Å². The Morgan fingerprint density at radius 3 is 2.71 bits per heavy atom. The van der Waals surface area contributed by atoms with E-state index >= 15 is 0 Å². The first-order valence-electron chi connectivity index (χ1n) is 4.27. The van der Waals surface area contributed by atoms with Crippen molar-refractivity contribution >= 4 is 21.9 Å². The molecule has 1 aromatic rings. The summed E-state index contributed by atoms with van der Waals surface area (Å²) in [5.74, 6) is -1.36. The molecule has 1 aromatic carbocycles. The average Bonchev–Trinajstić information content (AvgIpc) is 2.11. The van der Waals surface area contributed by atoms with Crippen LogP contribution in [0.1, 0.15) is 24.8 Å². The van der Waals surface area contributed by atoms with E-state index in [0.717, 1.165) is 0 Å². The summed E-state index contributed by atoms with van der Waals surface area (Å²) in [5.41, 5.74) is 0.611. The van der Waals surface area contributed by atoms with Crippen molar-refractivity contribution in [3.8, 4) is 5.75 Å². The molecule has 1 atom stereocenters. The van der Waals surface area contributed by atoms with Crippen molar-refractivity contribution in [3.05, 3.63) is 28.2 Å². The van der Waals surface area contributed by atoms with Gasteiger partial charge in [0.05, 0.1) is 5.92 Å². The maximum absolute atomic E-state index is 10.9. The van der Waals surface area contributed by atoms with Gasteiger partial charge in [0, 0.05) is 4.47 Å². The van der Waals surface area contributed by atoms with Gasteiger partial charge in [0.15, 0.2) is 0 Å². The van der Waals surface area contributed by atoms with Crippen molar-refractivity contribution in [3.63, 3.8) is 0 Å². The molecule has 2 N–H and O–H groups in total. The van der Waals surface area contributed by atoms with Gasteiger partial charge < -0.3 is 10.2 Å². The fraction of sp³-hybridized carbons (Fsp3) is 0.300. The maximum atomic E-state index is 10.9. The summed E-state index contributed by atoms with van der Waals surface area (Å²) in [5, 5.41) is 18.2. The van der Waals surface area contributed by atoms with Gasteiger partial charge in [-0.15, -0.1) is 0 Å². The van der Waals surface area contributed by atoms with Crippen molar-refractivity contribution in [2.75, 3.05) is 0 Å². The molecule has 4 heteroatoms. The number of aromatic hydroxyl groups is 1. The molecule has 0 bridgehead atoms. The number of benzene rings is 1. The Balaban J connectivity index is 3.15. The lowest BCUT2D eigenvalue weighted by Crippen LogP contribution is -2.10. The van der Waals surface area contributed by atoms with Crippen LogP contribution in [-0.4, -0.2) is 16.2 Å². The Morgan fingerprint density at radius 1 is 1.57 bits per heavy atom. The first kappa shape index (κ1) is 11.0. The van der Waals surface area contributed by atoms with E-state index in [1.54, 1.807) is 13.0 Å². The van der Waals surface area contributed by atoms with Crippen LogP contribution in [-0.2, 0) is 4.79 Å². The Kier molecular flexibility index (Phi) is 3.52. The third-order valence-electron chi connectivity index (χ3n) is 2.06. The molecule has 0 radical (unpaired) electrons. The van der Waals surface area contributed by atoms with Gasteiger partial charge in [0.25, 0.3) is 0 Å². The summed E-state index contributed by atoms with van der Waals surface area (Å²) in [4.78, 5) is 10.9. The third-order valence-corrected chi connectivity index (χ3v) is 2.78. The molecule has 0 fully saturated rings. The van der Waals surface area contributed by atoms with Crippen LogP contribution in [0.25, 0.3) is 0 Å². The first-order chi connectivity index (χ1) is 6.56. The third kappa shape index (κ3) is 2.26. The van der Waals surface area contributed by atoms with Gasteiger partial charge in [-0.05, 0) is 30.2 Å². The lowest BCUT2D eigenvalue weighted by atomic mass is 9.96. The molecule has 3 nitrogen and oxygen atoms in total. The number of carboxylic acid groups (broad SMARTS) is 1. The van der Waals surface area contributed by atoms with Crippen molar-refractivity contribution in [1.29, 1.82) is 0 Å². The van der Waals surface area contributed by atoms with Crippen molar-refractivity contribution in [2.45, 2.75) is 19.3 Å². The van der Waals surface area contributed by atoms with E-state index in [1.807, 2.05) is 0 Å². The van der Waals surface area contributed by atoms with Crippen molar-refractivity contribution in [1.82, 2.24) is 0 Å². The SMILES string of the molecule is CCC(C(=O)O)c1cc(O)ccc1Br. The fourth-order valence-corrected chi connectivity index (χ4v) is 1.85. The van der Waals surface area contributed by atoms with Crippen LogP contribution >= 0.6 is 15.9 Å². The number of hydrogen-bond donors (Lipinski definition) is 2. The lowest BCUT2D eigenvalue weighted by Gasteiger charge is -2.12. The summed E-state index contributed by atoms with van der Waals surface area (Å²) < 4.78 is 0.713. The first-order valence-corrected chi connectivity index (χ1v) is 5.06. The highest BCUT2D eigenvalue weighted by molar-refractivity contribution is 9.10. The van der Waals surface area contributed by atoms with Crippen LogP contribution in [0.3, 0.4) is 0 Å². The van der Waals surface area contributed by atoms with Crippen LogP contribution in [0, 0.1) is 0 Å². The number of rotatable bonds is 3. The van der Waals surface area contributed by atoms with E-state index in [9.17, 15) is 9.90 Å². The summed E-state index contributed by atoms with van der Waals surface area (Å²) >= 11 is 3.27. The van der Waals surface area contributed by atoms with E-state index in [1.165, 1.54) is 12.1 Å². The Labute approximate surface area is 90.5 Å². The highest BCUT2D eigenvalue weighted by atomic mass is 79.9. The number of aliphatic carboxylic acids is 1. The van der Waals surface area contributed by atoms with Gasteiger partial charge in [-0.1, -0.05) is 22.9 Å². The lowest BCUT2D eigenvalue weighted by molar-refractivity contribution is -0.138. The van der Waals surface area contributed by atoms with Gasteiger partial charge in [-0.25, -0.2) is 0 Å². The fourth-order valence-electron chi connectivity index (χ4n) is 1.33. The second-order valence-corrected chi connectivity index (χ2v) is 3.86. The standard InChI is InChI=1S/C10H11BrO3/c1-2-7(10(13)14)8-5-6(12)3-4-9(8)11/h3-5,7,12H,2H2,1H3,(H,13,14). The Bertz CT molecular complexity index is 349. The summed E-state index contributed by atoms with van der Waals surface area (Å²) in [7, 11) is 0. The molecule has 1 unspecified atom stereocenters. The predicted molar refractivity (Wildman–Crippen MR) is 56.5 cm³/mol. The second kappa shape index (κ2) is 4.46. The largest absolute Gasteiger partial charge is 0.508 e. The number of carboxylic acids is 1. The van der Waals surface area contributed by atoms with Crippen LogP contribution in [0.15, 0.2) is 22.7 Å². The molecule has 0 saturated carbocycles. The minimum Gasteiger partial charge on any atom is -0.508 e. The minimum atomic E-state index is -0.876. The average molecular weight is 259 g/mol. The molecular weight excluding hydrogens is 248 g/mol. The van der Waals surface area contributed by atoms with Crippen molar-refractivity contribution < 1.29 is 15.0 Å². The van der Waals surface area contributed by atoms with Crippen LogP contribution in [0.5, 0.6) is 5.75 Å². The summed E-state index contributed by atoms with van der Waals surface area (Å²) in [6.45, 7) is 1.80. The van der Waals surface area contributed by atoms with E-state index in [0.29, 0.717) is 16.5 Å². The summed E-state index contributed by atoms with van der Waals surface area (Å²) in [6.07, 6.45) is 0.497. The Hall–Kier alpha value is -1.03. The van der Waals surface area contributed by atoms with Gasteiger partial charge in [0.2, 0.25) is 0 Å². The molecule has 0 aliphatic carbocycles. The quantitative estimate of drug-likeness (QED) is 0.877. The van der Waals surface area contributed by atoms with E-state index in [-0.39, 0.29) is 5.75 Å². The zero-order valence-electron chi connectivity index (χ0n) is 7.70. The molecular formula is C10H11BrO3. The van der Waals surface area contributed by atoms with Crippen LogP contribution in [0.4, 0.5) is 0 Å². The van der Waals surface area contributed by atoms with Gasteiger partial charge in [-0.3, -0.25) is 4.79 Å². The zero-order valence-corrected chi connectivity index (χ0v) is 9.28. The molecule has 0 heterocycles.